The van der Waals surface area contributed by atoms with E-state index in [1.54, 1.807) is 26.2 Å². The summed E-state index contributed by atoms with van der Waals surface area (Å²) >= 11 is 1.22. The molecule has 0 aliphatic heterocycles. The minimum absolute atomic E-state index is 0.123. The second-order valence-electron chi connectivity index (χ2n) is 4.45. The number of aromatic nitrogens is 2. The molecule has 0 bridgehead atoms. The Morgan fingerprint density at radius 2 is 1.78 bits per heavy atom. The molecular formula is C15H16N2O5S. The van der Waals surface area contributed by atoms with E-state index in [0.717, 1.165) is 0 Å². The number of nitrogens with zero attached hydrogens (tertiary/aromatic N) is 2. The van der Waals surface area contributed by atoms with Gasteiger partial charge in [0.15, 0.2) is 5.13 Å². The molecule has 0 aliphatic rings. The van der Waals surface area contributed by atoms with Gasteiger partial charge in [0.05, 0.1) is 18.8 Å². The van der Waals surface area contributed by atoms with E-state index in [9.17, 15) is 14.4 Å². The van der Waals surface area contributed by atoms with Crippen molar-refractivity contribution in [2.75, 3.05) is 13.2 Å². The van der Waals surface area contributed by atoms with Gasteiger partial charge in [0.2, 0.25) is 0 Å². The van der Waals surface area contributed by atoms with E-state index < -0.39 is 17.5 Å². The van der Waals surface area contributed by atoms with Crippen molar-refractivity contribution in [3.8, 4) is 5.13 Å². The number of rotatable bonds is 5. The van der Waals surface area contributed by atoms with Crippen molar-refractivity contribution in [2.45, 2.75) is 20.8 Å². The minimum Gasteiger partial charge on any atom is -0.462 e. The lowest BCUT2D eigenvalue weighted by Crippen LogP contribution is -2.30. The number of hydrogen-bond acceptors (Lipinski definition) is 7. The highest BCUT2D eigenvalue weighted by Gasteiger charge is 2.23. The van der Waals surface area contributed by atoms with Crippen LogP contribution in [0, 0.1) is 6.92 Å². The average molecular weight is 336 g/mol. The molecule has 0 spiro atoms. The lowest BCUT2D eigenvalue weighted by atomic mass is 10.1. The predicted octanol–water partition coefficient (Wildman–Crippen LogP) is 1.96. The van der Waals surface area contributed by atoms with Crippen LogP contribution in [0.3, 0.4) is 0 Å². The number of carbonyl (C=O) groups excluding carboxylic acids is 2. The maximum Gasteiger partial charge on any atom is 0.343 e. The Hall–Kier alpha value is -2.48. The first-order valence-corrected chi connectivity index (χ1v) is 7.89. The molecule has 8 heteroatoms. The third-order valence-corrected chi connectivity index (χ3v) is 3.81. The van der Waals surface area contributed by atoms with E-state index >= 15 is 0 Å². The molecule has 0 atom stereocenters. The summed E-state index contributed by atoms with van der Waals surface area (Å²) in [5.74, 6) is -1.39. The van der Waals surface area contributed by atoms with Crippen LogP contribution in [0.15, 0.2) is 22.4 Å². The topological polar surface area (TPSA) is 87.5 Å². The summed E-state index contributed by atoms with van der Waals surface area (Å²) in [4.78, 5) is 40.8. The van der Waals surface area contributed by atoms with Crippen LogP contribution in [0.4, 0.5) is 0 Å². The van der Waals surface area contributed by atoms with E-state index in [0.29, 0.717) is 10.8 Å². The van der Waals surface area contributed by atoms with Gasteiger partial charge in [-0.05, 0) is 26.8 Å². The van der Waals surface area contributed by atoms with Gasteiger partial charge in [0.25, 0.3) is 5.56 Å². The molecule has 2 aromatic heterocycles. The van der Waals surface area contributed by atoms with Crippen molar-refractivity contribution in [3.05, 3.63) is 44.8 Å². The first-order valence-electron chi connectivity index (χ1n) is 7.02. The highest BCUT2D eigenvalue weighted by Crippen LogP contribution is 2.17. The average Bonchev–Trinajstić information content (AvgIpc) is 3.02. The van der Waals surface area contributed by atoms with Crippen LogP contribution in [0.2, 0.25) is 0 Å². The smallest absolute Gasteiger partial charge is 0.343 e. The molecule has 23 heavy (non-hydrogen) atoms. The fourth-order valence-electron chi connectivity index (χ4n) is 2.03. The molecule has 0 saturated heterocycles. The Balaban J connectivity index is 2.72. The maximum atomic E-state index is 12.6. The molecule has 0 saturated carbocycles. The molecular weight excluding hydrogens is 320 g/mol. The Morgan fingerprint density at radius 1 is 1.17 bits per heavy atom. The molecule has 0 N–H and O–H groups in total. The van der Waals surface area contributed by atoms with Gasteiger partial charge in [0, 0.05) is 17.3 Å². The second kappa shape index (κ2) is 7.19. The molecule has 0 aliphatic carbocycles. The zero-order valence-corrected chi connectivity index (χ0v) is 13.8. The highest BCUT2D eigenvalue weighted by molar-refractivity contribution is 7.12. The number of thiazole rings is 1. The van der Waals surface area contributed by atoms with Crippen LogP contribution in [0.5, 0.6) is 0 Å². The van der Waals surface area contributed by atoms with E-state index in [1.165, 1.54) is 28.2 Å². The van der Waals surface area contributed by atoms with Gasteiger partial charge in [-0.25, -0.2) is 14.6 Å². The summed E-state index contributed by atoms with van der Waals surface area (Å²) in [6, 6.07) is 1.22. The molecule has 2 rings (SSSR count). The van der Waals surface area contributed by atoms with E-state index in [4.69, 9.17) is 9.47 Å². The molecule has 0 fully saturated rings. The summed E-state index contributed by atoms with van der Waals surface area (Å²) in [7, 11) is 0. The Bertz CT molecular complexity index is 780. The van der Waals surface area contributed by atoms with Crippen molar-refractivity contribution in [1.82, 2.24) is 9.55 Å². The van der Waals surface area contributed by atoms with E-state index in [1.807, 2.05) is 0 Å². The molecule has 7 nitrogen and oxygen atoms in total. The number of ether oxygens (including phenoxy) is 2. The van der Waals surface area contributed by atoms with Gasteiger partial charge >= 0.3 is 11.9 Å². The summed E-state index contributed by atoms with van der Waals surface area (Å²) in [6.45, 7) is 5.22. The number of carbonyl (C=O) groups is 2. The van der Waals surface area contributed by atoms with E-state index in [2.05, 4.69) is 4.98 Å². The van der Waals surface area contributed by atoms with Gasteiger partial charge in [-0.1, -0.05) is 0 Å². The van der Waals surface area contributed by atoms with Crippen molar-refractivity contribution < 1.29 is 19.1 Å². The Labute approximate surface area is 136 Å². The first kappa shape index (κ1) is 16.9. The van der Waals surface area contributed by atoms with Gasteiger partial charge in [-0.2, -0.15) is 0 Å². The van der Waals surface area contributed by atoms with Crippen LogP contribution < -0.4 is 5.56 Å². The van der Waals surface area contributed by atoms with Gasteiger partial charge in [-0.3, -0.25) is 9.36 Å². The van der Waals surface area contributed by atoms with Crippen LogP contribution in [0.25, 0.3) is 5.13 Å². The number of esters is 2. The quantitative estimate of drug-likeness (QED) is 0.776. The highest BCUT2D eigenvalue weighted by atomic mass is 32.1. The monoisotopic (exact) mass is 336 g/mol. The van der Waals surface area contributed by atoms with Gasteiger partial charge in [0.1, 0.15) is 5.56 Å². The number of pyridine rings is 1. The molecule has 0 radical (unpaired) electrons. The fourth-order valence-corrected chi connectivity index (χ4v) is 2.72. The first-order chi connectivity index (χ1) is 11.0. The van der Waals surface area contributed by atoms with Crippen molar-refractivity contribution >= 4 is 23.3 Å². The summed E-state index contributed by atoms with van der Waals surface area (Å²) in [6.07, 6.45) is 1.53. The molecule has 0 amide bonds. The van der Waals surface area contributed by atoms with Crippen molar-refractivity contribution in [2.24, 2.45) is 0 Å². The zero-order valence-electron chi connectivity index (χ0n) is 13.0. The van der Waals surface area contributed by atoms with Crippen LogP contribution in [0.1, 0.15) is 40.3 Å². The lowest BCUT2D eigenvalue weighted by Gasteiger charge is -2.13. The molecule has 122 valence electrons. The van der Waals surface area contributed by atoms with E-state index in [-0.39, 0.29) is 24.3 Å². The number of hydrogen-bond donors (Lipinski definition) is 0. The Kier molecular flexibility index (Phi) is 5.28. The fraction of sp³-hybridized carbons (Fsp3) is 0.333. The summed E-state index contributed by atoms with van der Waals surface area (Å²) < 4.78 is 11.1. The minimum atomic E-state index is -0.784. The molecule has 0 aromatic carbocycles. The zero-order chi connectivity index (χ0) is 17.0. The standard InChI is InChI=1S/C15H16N2O5S/c1-4-21-13(19)10-8-11(14(20)22-5-2)12(18)17(9(10)3)15-16-6-7-23-15/h6-8H,4-5H2,1-3H3. The second-order valence-corrected chi connectivity index (χ2v) is 5.33. The predicted molar refractivity (Wildman–Crippen MR) is 84.4 cm³/mol. The van der Waals surface area contributed by atoms with Crippen LogP contribution in [-0.4, -0.2) is 34.7 Å². The third kappa shape index (κ3) is 3.31. The molecule has 2 heterocycles. The molecule has 2 aromatic rings. The summed E-state index contributed by atoms with van der Waals surface area (Å²) in [5.41, 5.74) is -0.319. The van der Waals surface area contributed by atoms with Crippen molar-refractivity contribution in [3.63, 3.8) is 0 Å². The SMILES string of the molecule is CCOC(=O)c1cc(C(=O)OCC)c(=O)n(-c2nccs2)c1C. The maximum absolute atomic E-state index is 12.6. The Morgan fingerprint density at radius 3 is 2.30 bits per heavy atom. The van der Waals surface area contributed by atoms with Crippen molar-refractivity contribution in [1.29, 1.82) is 0 Å². The largest absolute Gasteiger partial charge is 0.462 e. The van der Waals surface area contributed by atoms with Crippen LogP contribution >= 0.6 is 11.3 Å². The lowest BCUT2D eigenvalue weighted by molar-refractivity contribution is 0.0522. The van der Waals surface area contributed by atoms with Gasteiger partial charge in [-0.15, -0.1) is 11.3 Å². The third-order valence-electron chi connectivity index (χ3n) is 3.05. The van der Waals surface area contributed by atoms with Gasteiger partial charge < -0.3 is 9.47 Å². The van der Waals surface area contributed by atoms with Crippen LogP contribution in [-0.2, 0) is 9.47 Å². The normalized spacial score (nSPS) is 10.4. The molecule has 0 unspecified atom stereocenters. The summed E-state index contributed by atoms with van der Waals surface area (Å²) in [5, 5.41) is 2.06.